The smallest absolute Gasteiger partial charge is 0.312 e. The summed E-state index contributed by atoms with van der Waals surface area (Å²) in [6, 6.07) is 3.20. The lowest BCUT2D eigenvalue weighted by molar-refractivity contribution is -0.139. The molecule has 1 amide bonds. The first kappa shape index (κ1) is 16.6. The Labute approximate surface area is 124 Å². The van der Waals surface area contributed by atoms with Crippen LogP contribution in [0.25, 0.3) is 0 Å². The zero-order valence-electron chi connectivity index (χ0n) is 10.6. The van der Waals surface area contributed by atoms with Crippen LogP contribution in [0, 0.1) is 11.3 Å². The molecule has 0 aliphatic carbocycles. The molecule has 0 saturated heterocycles. The molecule has 1 aromatic heterocycles. The number of thiophene rings is 1. The van der Waals surface area contributed by atoms with Crippen LogP contribution in [-0.4, -0.2) is 41.0 Å². The minimum atomic E-state index is -1.13. The third-order valence-electron chi connectivity index (χ3n) is 2.62. The van der Waals surface area contributed by atoms with E-state index >= 15 is 0 Å². The summed E-state index contributed by atoms with van der Waals surface area (Å²) in [5, 5.41) is 27.9. The molecule has 110 valence electrons. The minimum absolute atomic E-state index is 0.0193. The average Bonchev–Trinajstić information content (AvgIpc) is 2.80. The molecule has 0 radical (unpaired) electrons. The van der Waals surface area contributed by atoms with E-state index in [-0.39, 0.29) is 37.6 Å². The molecule has 0 fully saturated rings. The van der Waals surface area contributed by atoms with Gasteiger partial charge in [-0.15, -0.1) is 11.3 Å². The van der Waals surface area contributed by atoms with E-state index in [1.807, 2.05) is 0 Å². The van der Waals surface area contributed by atoms with Crippen molar-refractivity contribution in [2.24, 2.45) is 5.92 Å². The molecule has 1 atom stereocenters. The van der Waals surface area contributed by atoms with Crippen molar-refractivity contribution < 1.29 is 19.8 Å². The van der Waals surface area contributed by atoms with Crippen LogP contribution in [0.2, 0.25) is 4.34 Å². The average molecular weight is 319 g/mol. The van der Waals surface area contributed by atoms with Crippen LogP contribution >= 0.6 is 22.9 Å². The Hall–Kier alpha value is -1.44. The van der Waals surface area contributed by atoms with Crippen molar-refractivity contribution in [1.29, 1.82) is 5.41 Å². The van der Waals surface area contributed by atoms with Crippen molar-refractivity contribution in [3.8, 4) is 0 Å². The Kier molecular flexibility index (Phi) is 6.63. The normalized spacial score (nSPS) is 11.9. The maximum absolute atomic E-state index is 11.7. The summed E-state index contributed by atoms with van der Waals surface area (Å²) >= 11 is 6.85. The summed E-state index contributed by atoms with van der Waals surface area (Å²) in [5.74, 6) is -2.44. The van der Waals surface area contributed by atoms with Crippen molar-refractivity contribution in [1.82, 2.24) is 5.32 Å². The molecule has 6 nitrogen and oxygen atoms in total. The molecule has 0 aliphatic rings. The number of aliphatic carboxylic acids is 1. The standard InChI is InChI=1S/C12H15ClN2O4S/c13-10-2-1-9(20-10)11(17)15-5-3-7(12(18)19)8(14)4-6-16/h1-2,7,14,16H,3-6H2,(H,15,17)(H,18,19)/t7-/m0/s1. The largest absolute Gasteiger partial charge is 0.481 e. The molecular weight excluding hydrogens is 304 g/mol. The van der Waals surface area contributed by atoms with Gasteiger partial charge in [0.1, 0.15) is 0 Å². The zero-order chi connectivity index (χ0) is 15.1. The number of hydrogen-bond acceptors (Lipinski definition) is 5. The van der Waals surface area contributed by atoms with Gasteiger partial charge in [0.2, 0.25) is 0 Å². The number of rotatable bonds is 8. The topological polar surface area (TPSA) is 110 Å². The van der Waals surface area contributed by atoms with Crippen LogP contribution in [0.1, 0.15) is 22.5 Å². The summed E-state index contributed by atoms with van der Waals surface area (Å²) in [7, 11) is 0. The van der Waals surface area contributed by atoms with Gasteiger partial charge in [0, 0.05) is 25.3 Å². The highest BCUT2D eigenvalue weighted by Gasteiger charge is 2.22. The SMILES string of the molecule is N=C(CCO)[C@H](CCNC(=O)c1ccc(Cl)s1)C(=O)O. The molecule has 1 rings (SSSR count). The predicted molar refractivity (Wildman–Crippen MR) is 76.8 cm³/mol. The van der Waals surface area contributed by atoms with E-state index in [9.17, 15) is 9.59 Å². The van der Waals surface area contributed by atoms with Gasteiger partial charge >= 0.3 is 5.97 Å². The van der Waals surface area contributed by atoms with Crippen LogP contribution in [0.15, 0.2) is 12.1 Å². The second-order valence-electron chi connectivity index (χ2n) is 4.04. The second-order valence-corrected chi connectivity index (χ2v) is 5.75. The fourth-order valence-corrected chi connectivity index (χ4v) is 2.55. The third-order valence-corrected chi connectivity index (χ3v) is 3.85. The van der Waals surface area contributed by atoms with E-state index in [1.54, 1.807) is 12.1 Å². The van der Waals surface area contributed by atoms with Gasteiger partial charge in [-0.05, 0) is 18.6 Å². The first-order valence-corrected chi connectivity index (χ1v) is 7.09. The van der Waals surface area contributed by atoms with E-state index in [4.69, 9.17) is 27.2 Å². The van der Waals surface area contributed by atoms with Crippen molar-refractivity contribution in [2.45, 2.75) is 12.8 Å². The molecular formula is C12H15ClN2O4S. The van der Waals surface area contributed by atoms with E-state index in [1.165, 1.54) is 0 Å². The Balaban J connectivity index is 2.46. The van der Waals surface area contributed by atoms with Gasteiger partial charge in [-0.25, -0.2) is 0 Å². The number of nitrogens with one attached hydrogen (secondary N) is 2. The van der Waals surface area contributed by atoms with Crippen LogP contribution in [0.4, 0.5) is 0 Å². The first-order chi connectivity index (χ1) is 9.45. The van der Waals surface area contributed by atoms with Gasteiger partial charge in [-0.2, -0.15) is 0 Å². The number of hydrogen-bond donors (Lipinski definition) is 4. The fraction of sp³-hybridized carbons (Fsp3) is 0.417. The van der Waals surface area contributed by atoms with Gasteiger partial charge in [0.15, 0.2) is 0 Å². The maximum Gasteiger partial charge on any atom is 0.312 e. The van der Waals surface area contributed by atoms with Gasteiger partial charge < -0.3 is 20.9 Å². The van der Waals surface area contributed by atoms with E-state index in [0.717, 1.165) is 11.3 Å². The zero-order valence-corrected chi connectivity index (χ0v) is 12.1. The first-order valence-electron chi connectivity index (χ1n) is 5.90. The molecule has 8 heteroatoms. The lowest BCUT2D eigenvalue weighted by atomic mass is 9.97. The van der Waals surface area contributed by atoms with Gasteiger partial charge in [-0.3, -0.25) is 9.59 Å². The molecule has 4 N–H and O–H groups in total. The maximum atomic E-state index is 11.7. The molecule has 0 spiro atoms. The van der Waals surface area contributed by atoms with Crippen molar-refractivity contribution in [3.63, 3.8) is 0 Å². The fourth-order valence-electron chi connectivity index (χ4n) is 1.59. The molecule has 0 aromatic carbocycles. The highest BCUT2D eigenvalue weighted by Crippen LogP contribution is 2.21. The number of aliphatic hydroxyl groups is 1. The number of aliphatic hydroxyl groups excluding tert-OH is 1. The molecule has 20 heavy (non-hydrogen) atoms. The number of carbonyl (C=O) groups excluding carboxylic acids is 1. The summed E-state index contributed by atoms with van der Waals surface area (Å²) < 4.78 is 0.503. The molecule has 0 aliphatic heterocycles. The van der Waals surface area contributed by atoms with Crippen molar-refractivity contribution in [3.05, 3.63) is 21.3 Å². The Bertz CT molecular complexity index is 503. The number of carbonyl (C=O) groups is 2. The molecule has 0 unspecified atom stereocenters. The van der Waals surface area contributed by atoms with E-state index < -0.39 is 11.9 Å². The highest BCUT2D eigenvalue weighted by molar-refractivity contribution is 7.17. The van der Waals surface area contributed by atoms with E-state index in [0.29, 0.717) is 9.21 Å². The Morgan fingerprint density at radius 2 is 2.15 bits per heavy atom. The van der Waals surface area contributed by atoms with Crippen LogP contribution in [0.3, 0.4) is 0 Å². The van der Waals surface area contributed by atoms with Crippen LogP contribution in [-0.2, 0) is 4.79 Å². The predicted octanol–water partition coefficient (Wildman–Crippen LogP) is 1.62. The quantitative estimate of drug-likeness (QED) is 0.546. The summed E-state index contributed by atoms with van der Waals surface area (Å²) in [5.41, 5.74) is -0.0478. The molecule has 0 bridgehead atoms. The number of halogens is 1. The lowest BCUT2D eigenvalue weighted by Gasteiger charge is -2.13. The third kappa shape index (κ3) is 4.92. The highest BCUT2D eigenvalue weighted by atomic mass is 35.5. The number of amides is 1. The lowest BCUT2D eigenvalue weighted by Crippen LogP contribution is -2.31. The molecule has 0 saturated carbocycles. The molecule has 1 aromatic rings. The Morgan fingerprint density at radius 1 is 1.45 bits per heavy atom. The Morgan fingerprint density at radius 3 is 2.65 bits per heavy atom. The number of carboxylic acid groups (broad SMARTS) is 1. The van der Waals surface area contributed by atoms with Gasteiger partial charge in [0.05, 0.1) is 15.1 Å². The van der Waals surface area contributed by atoms with E-state index in [2.05, 4.69) is 5.32 Å². The molecule has 1 heterocycles. The summed E-state index contributed by atoms with van der Waals surface area (Å²) in [4.78, 5) is 23.2. The van der Waals surface area contributed by atoms with Gasteiger partial charge in [0.25, 0.3) is 5.91 Å². The van der Waals surface area contributed by atoms with Crippen LogP contribution in [0.5, 0.6) is 0 Å². The monoisotopic (exact) mass is 318 g/mol. The minimum Gasteiger partial charge on any atom is -0.481 e. The number of carboxylic acids is 1. The summed E-state index contributed by atoms with van der Waals surface area (Å²) in [6.07, 6.45) is 0.129. The van der Waals surface area contributed by atoms with Crippen molar-refractivity contribution in [2.75, 3.05) is 13.2 Å². The summed E-state index contributed by atoms with van der Waals surface area (Å²) in [6.45, 7) is -0.123. The second kappa shape index (κ2) is 7.98. The van der Waals surface area contributed by atoms with Gasteiger partial charge in [-0.1, -0.05) is 11.6 Å². The van der Waals surface area contributed by atoms with Crippen molar-refractivity contribution >= 4 is 40.5 Å². The van der Waals surface area contributed by atoms with Crippen LogP contribution < -0.4 is 5.32 Å².